The Balaban J connectivity index is 2.84. The molecule has 0 bridgehead atoms. The lowest BCUT2D eigenvalue weighted by molar-refractivity contribution is -0.0891. The Morgan fingerprint density at radius 3 is 2.75 bits per heavy atom. The van der Waals surface area contributed by atoms with E-state index in [2.05, 4.69) is 25.7 Å². The summed E-state index contributed by atoms with van der Waals surface area (Å²) in [5, 5.41) is 0. The Kier molecular flexibility index (Phi) is 8.03. The SMILES string of the molecule is CCCC1CC(CN)(N(CCOC)C(C)CC)CCO1. The molecular weight excluding hydrogens is 252 g/mol. The lowest BCUT2D eigenvalue weighted by Crippen LogP contribution is -2.61. The first-order chi connectivity index (χ1) is 9.63. The minimum atomic E-state index is 0.0893. The van der Waals surface area contributed by atoms with Crippen LogP contribution in [0.1, 0.15) is 52.9 Å². The van der Waals surface area contributed by atoms with Gasteiger partial charge in [-0.15, -0.1) is 0 Å². The van der Waals surface area contributed by atoms with Crippen LogP contribution in [0.2, 0.25) is 0 Å². The van der Waals surface area contributed by atoms with Crippen molar-refractivity contribution in [2.24, 2.45) is 5.73 Å². The highest BCUT2D eigenvalue weighted by molar-refractivity contribution is 4.98. The van der Waals surface area contributed by atoms with Gasteiger partial charge in [-0.1, -0.05) is 20.3 Å². The van der Waals surface area contributed by atoms with E-state index in [4.69, 9.17) is 15.2 Å². The Labute approximate surface area is 125 Å². The average molecular weight is 286 g/mol. The first kappa shape index (κ1) is 17.9. The van der Waals surface area contributed by atoms with Crippen molar-refractivity contribution in [3.05, 3.63) is 0 Å². The van der Waals surface area contributed by atoms with E-state index in [1.54, 1.807) is 7.11 Å². The van der Waals surface area contributed by atoms with Crippen LogP contribution in [0.4, 0.5) is 0 Å². The molecule has 2 N–H and O–H groups in total. The van der Waals surface area contributed by atoms with E-state index in [9.17, 15) is 0 Å². The van der Waals surface area contributed by atoms with Crippen molar-refractivity contribution in [2.45, 2.75) is 70.6 Å². The van der Waals surface area contributed by atoms with Crippen LogP contribution in [0.5, 0.6) is 0 Å². The average Bonchev–Trinajstić information content (AvgIpc) is 2.48. The number of ether oxygens (including phenoxy) is 2. The zero-order chi connectivity index (χ0) is 15.0. The third-order valence-electron chi connectivity index (χ3n) is 4.79. The first-order valence-corrected chi connectivity index (χ1v) is 8.20. The van der Waals surface area contributed by atoms with Crippen LogP contribution in [0.25, 0.3) is 0 Å². The summed E-state index contributed by atoms with van der Waals surface area (Å²) in [7, 11) is 1.77. The molecule has 1 aliphatic heterocycles. The molecule has 1 saturated heterocycles. The van der Waals surface area contributed by atoms with Crippen LogP contribution in [0.3, 0.4) is 0 Å². The zero-order valence-corrected chi connectivity index (χ0v) is 13.9. The van der Waals surface area contributed by atoms with Crippen molar-refractivity contribution < 1.29 is 9.47 Å². The number of nitrogens with two attached hydrogens (primary N) is 1. The fourth-order valence-corrected chi connectivity index (χ4v) is 3.41. The van der Waals surface area contributed by atoms with Gasteiger partial charge in [-0.2, -0.15) is 0 Å². The topological polar surface area (TPSA) is 47.7 Å². The van der Waals surface area contributed by atoms with Gasteiger partial charge in [0.1, 0.15) is 0 Å². The van der Waals surface area contributed by atoms with Gasteiger partial charge in [-0.25, -0.2) is 0 Å². The Hall–Kier alpha value is -0.160. The molecule has 0 aromatic carbocycles. The molecule has 0 aromatic rings. The third kappa shape index (κ3) is 4.42. The van der Waals surface area contributed by atoms with Crippen molar-refractivity contribution in [3.8, 4) is 0 Å². The van der Waals surface area contributed by atoms with Crippen LogP contribution >= 0.6 is 0 Å². The monoisotopic (exact) mass is 286 g/mol. The highest BCUT2D eigenvalue weighted by atomic mass is 16.5. The maximum absolute atomic E-state index is 6.22. The Bertz CT molecular complexity index is 261. The smallest absolute Gasteiger partial charge is 0.0593 e. The van der Waals surface area contributed by atoms with Gasteiger partial charge >= 0.3 is 0 Å². The highest BCUT2D eigenvalue weighted by Crippen LogP contribution is 2.33. The quantitative estimate of drug-likeness (QED) is 0.707. The molecule has 0 aromatic heterocycles. The molecule has 0 amide bonds. The lowest BCUT2D eigenvalue weighted by atomic mass is 9.82. The molecular formula is C16H34N2O2. The minimum Gasteiger partial charge on any atom is -0.383 e. The predicted molar refractivity (Wildman–Crippen MR) is 84.0 cm³/mol. The zero-order valence-electron chi connectivity index (χ0n) is 13.9. The summed E-state index contributed by atoms with van der Waals surface area (Å²) in [4.78, 5) is 2.58. The lowest BCUT2D eigenvalue weighted by Gasteiger charge is -2.50. The second kappa shape index (κ2) is 8.98. The van der Waals surface area contributed by atoms with Crippen LogP contribution in [0.15, 0.2) is 0 Å². The van der Waals surface area contributed by atoms with Gasteiger partial charge in [-0.05, 0) is 32.6 Å². The molecule has 4 nitrogen and oxygen atoms in total. The second-order valence-electron chi connectivity index (χ2n) is 6.11. The molecule has 0 saturated carbocycles. The van der Waals surface area contributed by atoms with Crippen molar-refractivity contribution in [3.63, 3.8) is 0 Å². The van der Waals surface area contributed by atoms with Gasteiger partial charge in [0.15, 0.2) is 0 Å². The number of hydrogen-bond acceptors (Lipinski definition) is 4. The molecule has 4 heteroatoms. The van der Waals surface area contributed by atoms with Gasteiger partial charge in [0.25, 0.3) is 0 Å². The molecule has 3 atom stereocenters. The highest BCUT2D eigenvalue weighted by Gasteiger charge is 2.41. The van der Waals surface area contributed by atoms with Crippen molar-refractivity contribution >= 4 is 0 Å². The molecule has 0 spiro atoms. The predicted octanol–water partition coefficient (Wildman–Crippen LogP) is 2.41. The minimum absolute atomic E-state index is 0.0893. The summed E-state index contributed by atoms with van der Waals surface area (Å²) in [6, 6.07) is 0.536. The summed E-state index contributed by atoms with van der Waals surface area (Å²) in [5.41, 5.74) is 6.31. The Morgan fingerprint density at radius 2 is 2.20 bits per heavy atom. The number of rotatable bonds is 9. The maximum atomic E-state index is 6.22. The second-order valence-corrected chi connectivity index (χ2v) is 6.11. The molecule has 3 unspecified atom stereocenters. The fraction of sp³-hybridized carbons (Fsp3) is 1.00. The molecule has 1 aliphatic rings. The van der Waals surface area contributed by atoms with E-state index in [0.717, 1.165) is 45.4 Å². The molecule has 0 aliphatic carbocycles. The number of nitrogens with zero attached hydrogens (tertiary/aromatic N) is 1. The summed E-state index contributed by atoms with van der Waals surface area (Å²) in [6.45, 7) is 10.0. The largest absolute Gasteiger partial charge is 0.383 e. The molecule has 1 rings (SSSR count). The van der Waals surface area contributed by atoms with Gasteiger partial charge in [0.05, 0.1) is 12.7 Å². The van der Waals surface area contributed by atoms with Crippen LogP contribution < -0.4 is 5.73 Å². The third-order valence-corrected chi connectivity index (χ3v) is 4.79. The van der Waals surface area contributed by atoms with E-state index in [1.807, 2.05) is 0 Å². The van der Waals surface area contributed by atoms with Crippen molar-refractivity contribution in [1.29, 1.82) is 0 Å². The van der Waals surface area contributed by atoms with E-state index in [0.29, 0.717) is 18.7 Å². The van der Waals surface area contributed by atoms with E-state index in [-0.39, 0.29) is 5.54 Å². The molecule has 1 fully saturated rings. The number of hydrogen-bond donors (Lipinski definition) is 1. The van der Waals surface area contributed by atoms with Crippen LogP contribution in [-0.4, -0.2) is 56.0 Å². The first-order valence-electron chi connectivity index (χ1n) is 8.20. The van der Waals surface area contributed by atoms with E-state index < -0.39 is 0 Å². The molecule has 20 heavy (non-hydrogen) atoms. The van der Waals surface area contributed by atoms with Crippen molar-refractivity contribution in [2.75, 3.05) is 33.4 Å². The number of methoxy groups -OCH3 is 1. The van der Waals surface area contributed by atoms with E-state index >= 15 is 0 Å². The summed E-state index contributed by atoms with van der Waals surface area (Å²) >= 11 is 0. The fourth-order valence-electron chi connectivity index (χ4n) is 3.41. The molecule has 120 valence electrons. The Morgan fingerprint density at radius 1 is 1.45 bits per heavy atom. The van der Waals surface area contributed by atoms with Crippen LogP contribution in [0, 0.1) is 0 Å². The molecule has 1 heterocycles. The van der Waals surface area contributed by atoms with Gasteiger partial charge in [0.2, 0.25) is 0 Å². The van der Waals surface area contributed by atoms with Crippen molar-refractivity contribution in [1.82, 2.24) is 4.90 Å². The summed E-state index contributed by atoms with van der Waals surface area (Å²) in [5.74, 6) is 0. The summed E-state index contributed by atoms with van der Waals surface area (Å²) < 4.78 is 11.2. The van der Waals surface area contributed by atoms with Gasteiger partial charge in [0, 0.05) is 38.4 Å². The van der Waals surface area contributed by atoms with Gasteiger partial charge in [-0.3, -0.25) is 4.90 Å². The summed E-state index contributed by atoms with van der Waals surface area (Å²) in [6.07, 6.45) is 5.92. The van der Waals surface area contributed by atoms with Crippen LogP contribution in [-0.2, 0) is 9.47 Å². The maximum Gasteiger partial charge on any atom is 0.0593 e. The standard InChI is InChI=1S/C16H34N2O2/c1-5-7-15-12-16(13-17,8-10-20-15)18(9-11-19-4)14(3)6-2/h14-15H,5-13,17H2,1-4H3. The molecule has 0 radical (unpaired) electrons. The normalized spacial score (nSPS) is 28.8. The van der Waals surface area contributed by atoms with E-state index in [1.165, 1.54) is 6.42 Å². The van der Waals surface area contributed by atoms with Gasteiger partial charge < -0.3 is 15.2 Å².